The van der Waals surface area contributed by atoms with Crippen molar-refractivity contribution < 1.29 is 4.79 Å². The Balaban J connectivity index is 1.37. The van der Waals surface area contributed by atoms with Crippen LogP contribution in [0.3, 0.4) is 0 Å². The normalized spacial score (nSPS) is 24.1. The van der Waals surface area contributed by atoms with Crippen molar-refractivity contribution in [2.45, 2.75) is 32.5 Å². The van der Waals surface area contributed by atoms with E-state index in [2.05, 4.69) is 47.4 Å². The molecule has 150 valence electrons. The lowest BCUT2D eigenvalue weighted by molar-refractivity contribution is -0.123. The summed E-state index contributed by atoms with van der Waals surface area (Å²) in [4.78, 5) is 21.9. The first-order chi connectivity index (χ1) is 14.1. The number of carbonyl (C=O) groups is 1. The highest BCUT2D eigenvalue weighted by atomic mass is 31.1. The van der Waals surface area contributed by atoms with Crippen molar-refractivity contribution >= 4 is 25.4 Å². The molecule has 2 aromatic heterocycles. The van der Waals surface area contributed by atoms with Crippen molar-refractivity contribution in [2.24, 2.45) is 5.92 Å². The number of hydrogen-bond donors (Lipinski definition) is 0. The Kier molecular flexibility index (Phi) is 4.89. The molecular formula is C23H27N4OP. The van der Waals surface area contributed by atoms with E-state index in [0.29, 0.717) is 14.5 Å². The Hall–Kier alpha value is -2.23. The van der Waals surface area contributed by atoms with Crippen LogP contribution >= 0.6 is 8.58 Å². The monoisotopic (exact) mass is 406 g/mol. The Morgan fingerprint density at radius 2 is 2.03 bits per heavy atom. The third kappa shape index (κ3) is 3.58. The molecule has 5 rings (SSSR count). The molecule has 3 aliphatic rings. The molecule has 5 nitrogen and oxygen atoms in total. The summed E-state index contributed by atoms with van der Waals surface area (Å²) in [6.07, 6.45) is 15.0. The number of hydrogen-bond acceptors (Lipinski definition) is 3. The molecule has 0 aromatic carbocycles. The minimum atomic E-state index is 0.0958. The molecule has 0 spiro atoms. The van der Waals surface area contributed by atoms with Crippen molar-refractivity contribution in [3.8, 4) is 0 Å². The van der Waals surface area contributed by atoms with E-state index in [1.165, 1.54) is 18.4 Å². The van der Waals surface area contributed by atoms with Gasteiger partial charge in [-0.15, -0.1) is 0 Å². The van der Waals surface area contributed by atoms with Crippen LogP contribution < -0.4 is 0 Å². The van der Waals surface area contributed by atoms with Crippen LogP contribution in [0.4, 0.5) is 0 Å². The number of aryl methyl sites for hydroxylation is 1. The first-order valence-electron chi connectivity index (χ1n) is 10.5. The first-order valence-corrected chi connectivity index (χ1v) is 11.6. The van der Waals surface area contributed by atoms with Crippen LogP contribution in [0.2, 0.25) is 0 Å². The highest BCUT2D eigenvalue weighted by Gasteiger charge is 2.30. The number of piperidine rings is 1. The van der Waals surface area contributed by atoms with Crippen molar-refractivity contribution in [3.63, 3.8) is 0 Å². The van der Waals surface area contributed by atoms with Gasteiger partial charge in [-0.2, -0.15) is 0 Å². The van der Waals surface area contributed by atoms with Gasteiger partial charge >= 0.3 is 0 Å². The van der Waals surface area contributed by atoms with Gasteiger partial charge < -0.3 is 14.2 Å². The predicted molar refractivity (Wildman–Crippen MR) is 119 cm³/mol. The third-order valence-corrected chi connectivity index (χ3v) is 7.78. The lowest BCUT2D eigenvalue weighted by Crippen LogP contribution is -2.38. The number of aromatic nitrogens is 2. The number of amides is 1. The van der Waals surface area contributed by atoms with Gasteiger partial charge in [-0.25, -0.2) is 4.98 Å². The number of likely N-dealkylation sites (tertiary alicyclic amines) is 1. The molecule has 2 atom stereocenters. The number of pyridine rings is 1. The predicted octanol–water partition coefficient (Wildman–Crippen LogP) is 4.02. The largest absolute Gasteiger partial charge is 0.306 e. The van der Waals surface area contributed by atoms with Gasteiger partial charge in [0, 0.05) is 24.7 Å². The molecule has 1 fully saturated rings. The molecular weight excluding hydrogens is 379 g/mol. The van der Waals surface area contributed by atoms with Crippen LogP contribution in [-0.4, -0.2) is 50.5 Å². The molecule has 0 saturated carbocycles. The Morgan fingerprint density at radius 1 is 1.21 bits per heavy atom. The van der Waals surface area contributed by atoms with Gasteiger partial charge in [0.1, 0.15) is 5.65 Å². The second-order valence-corrected chi connectivity index (χ2v) is 9.57. The zero-order valence-corrected chi connectivity index (χ0v) is 18.0. The maximum Gasteiger partial charge on any atom is 0.252 e. The molecule has 1 saturated heterocycles. The molecule has 3 aliphatic heterocycles. The summed E-state index contributed by atoms with van der Waals surface area (Å²) in [5, 5.41) is 1.13. The zero-order chi connectivity index (χ0) is 20.0. The average Bonchev–Trinajstić information content (AvgIpc) is 3.12. The summed E-state index contributed by atoms with van der Waals surface area (Å²) >= 11 is 0. The smallest absolute Gasteiger partial charge is 0.252 e. The van der Waals surface area contributed by atoms with Crippen molar-refractivity contribution in [1.29, 1.82) is 0 Å². The van der Waals surface area contributed by atoms with E-state index in [4.69, 9.17) is 0 Å². The lowest BCUT2D eigenvalue weighted by Gasteiger charge is -2.37. The number of carbonyl (C=O) groups excluding carboxylic acids is 1. The van der Waals surface area contributed by atoms with E-state index in [1.807, 2.05) is 34.6 Å². The Bertz CT molecular complexity index is 1040. The summed E-state index contributed by atoms with van der Waals surface area (Å²) in [6, 6.07) is 4.11. The molecule has 1 amide bonds. The molecule has 29 heavy (non-hydrogen) atoms. The zero-order valence-electron chi connectivity index (χ0n) is 17.0. The minimum Gasteiger partial charge on any atom is -0.306 e. The summed E-state index contributed by atoms with van der Waals surface area (Å²) in [6.45, 7) is 7.68. The number of fused-ring (bicyclic) bond motifs is 2. The van der Waals surface area contributed by atoms with E-state index in [9.17, 15) is 4.79 Å². The van der Waals surface area contributed by atoms with Gasteiger partial charge in [0.15, 0.2) is 0 Å². The number of imidazole rings is 1. The van der Waals surface area contributed by atoms with Gasteiger partial charge in [-0.1, -0.05) is 27.7 Å². The molecule has 0 aliphatic carbocycles. The quantitative estimate of drug-likeness (QED) is 0.723. The molecule has 2 unspecified atom stereocenters. The van der Waals surface area contributed by atoms with E-state index in [0.717, 1.165) is 41.9 Å². The van der Waals surface area contributed by atoms with E-state index >= 15 is 0 Å². The van der Waals surface area contributed by atoms with Crippen LogP contribution in [0.5, 0.6) is 0 Å². The summed E-state index contributed by atoms with van der Waals surface area (Å²) in [7, 11) is 0.551. The van der Waals surface area contributed by atoms with Gasteiger partial charge in [-0.05, 0) is 73.9 Å². The van der Waals surface area contributed by atoms with Crippen molar-refractivity contribution in [1.82, 2.24) is 19.2 Å². The SMILES string of the molecule is CCN1CCC(C2=CN3C(=O)C=C(c4ccc5nc(C)cn5c4)PC3C=C2)CC1. The Morgan fingerprint density at radius 3 is 2.83 bits per heavy atom. The molecule has 2 aromatic rings. The van der Waals surface area contributed by atoms with Crippen molar-refractivity contribution in [2.75, 3.05) is 19.6 Å². The Labute approximate surface area is 173 Å². The van der Waals surface area contributed by atoms with Gasteiger partial charge in [-0.3, -0.25) is 4.79 Å². The molecule has 0 N–H and O–H groups in total. The second kappa shape index (κ2) is 7.55. The third-order valence-electron chi connectivity index (χ3n) is 6.27. The van der Waals surface area contributed by atoms with E-state index in [1.54, 1.807) is 0 Å². The fraction of sp³-hybridized carbons (Fsp3) is 0.391. The summed E-state index contributed by atoms with van der Waals surface area (Å²) in [5.41, 5.74) is 4.37. The standard InChI is InChI=1S/C23H27N4OP/c1-3-25-10-8-17(9-11-25)18-5-7-23-27(15-18)22(28)12-20(29-23)19-4-6-21-24-16(2)13-26(21)14-19/h4-7,12-15,17,23,29H,3,8-11H2,1-2H3. The van der Waals surface area contributed by atoms with Crippen LogP contribution in [0, 0.1) is 12.8 Å². The van der Waals surface area contributed by atoms with Crippen LogP contribution in [0.25, 0.3) is 11.0 Å². The maximum atomic E-state index is 13.0. The van der Waals surface area contributed by atoms with Gasteiger partial charge in [0.25, 0.3) is 5.91 Å². The fourth-order valence-corrected chi connectivity index (χ4v) is 5.94. The average molecular weight is 406 g/mol. The minimum absolute atomic E-state index is 0.0958. The van der Waals surface area contributed by atoms with Gasteiger partial charge in [0.2, 0.25) is 0 Å². The van der Waals surface area contributed by atoms with Crippen molar-refractivity contribution in [3.05, 3.63) is 65.8 Å². The molecule has 0 bridgehead atoms. The fourth-order valence-electron chi connectivity index (χ4n) is 4.56. The molecule has 6 heteroatoms. The highest BCUT2D eigenvalue weighted by Crippen LogP contribution is 2.45. The van der Waals surface area contributed by atoms with E-state index in [-0.39, 0.29) is 11.7 Å². The second-order valence-electron chi connectivity index (χ2n) is 8.15. The molecule has 5 heterocycles. The number of rotatable bonds is 3. The lowest BCUT2D eigenvalue weighted by atomic mass is 9.88. The molecule has 0 radical (unpaired) electrons. The van der Waals surface area contributed by atoms with E-state index < -0.39 is 0 Å². The topological polar surface area (TPSA) is 40.8 Å². The van der Waals surface area contributed by atoms with Crippen LogP contribution in [0.15, 0.2) is 54.5 Å². The van der Waals surface area contributed by atoms with Gasteiger partial charge in [0.05, 0.1) is 11.5 Å². The summed E-state index contributed by atoms with van der Waals surface area (Å²) in [5.74, 6) is 0.809. The number of allylic oxidation sites excluding steroid dienone is 2. The highest BCUT2D eigenvalue weighted by molar-refractivity contribution is 7.51. The number of nitrogens with zero attached hydrogens (tertiary/aromatic N) is 4. The maximum absolute atomic E-state index is 13.0. The first kappa shape index (κ1) is 18.8. The summed E-state index contributed by atoms with van der Waals surface area (Å²) < 4.78 is 2.05. The van der Waals surface area contributed by atoms with Crippen LogP contribution in [0.1, 0.15) is 31.0 Å². The van der Waals surface area contributed by atoms with Crippen LogP contribution in [-0.2, 0) is 4.79 Å².